The van der Waals surface area contributed by atoms with E-state index in [2.05, 4.69) is 13.8 Å². The molecule has 1 rings (SSSR count). The zero-order chi connectivity index (χ0) is 8.10. The van der Waals surface area contributed by atoms with Gasteiger partial charge in [0, 0.05) is 0 Å². The largest absolute Gasteiger partial charge is 0.0654 e. The van der Waals surface area contributed by atoms with E-state index in [1.807, 2.05) is 0 Å². The Labute approximate surface area is 71.4 Å². The van der Waals surface area contributed by atoms with Crippen molar-refractivity contribution in [2.75, 3.05) is 0 Å². The molecule has 65 valence electrons. The first-order valence-electron chi connectivity index (χ1n) is 5.16. The van der Waals surface area contributed by atoms with Gasteiger partial charge in [-0.25, -0.2) is 0 Å². The summed E-state index contributed by atoms with van der Waals surface area (Å²) >= 11 is 0. The fourth-order valence-corrected chi connectivity index (χ4v) is 2.22. The fourth-order valence-electron chi connectivity index (χ4n) is 2.22. The van der Waals surface area contributed by atoms with Crippen LogP contribution in [0.25, 0.3) is 0 Å². The molecule has 0 aromatic rings. The molecule has 1 radical (unpaired) electrons. The fraction of sp³-hybridized carbons (Fsp3) is 0.909. The summed E-state index contributed by atoms with van der Waals surface area (Å²) in [5, 5.41) is 0. The van der Waals surface area contributed by atoms with Crippen molar-refractivity contribution in [2.45, 2.75) is 51.9 Å². The Morgan fingerprint density at radius 2 is 1.64 bits per heavy atom. The molecule has 0 amide bonds. The average Bonchev–Trinajstić information content (AvgIpc) is 2.07. The molecule has 1 fully saturated rings. The number of hydrogen-bond acceptors (Lipinski definition) is 0. The van der Waals surface area contributed by atoms with Crippen molar-refractivity contribution in [3.8, 4) is 0 Å². The van der Waals surface area contributed by atoms with E-state index in [9.17, 15) is 0 Å². The summed E-state index contributed by atoms with van der Waals surface area (Å²) in [7, 11) is 0. The topological polar surface area (TPSA) is 0 Å². The maximum Gasteiger partial charge on any atom is -0.0414 e. The third-order valence-corrected chi connectivity index (χ3v) is 3.07. The highest BCUT2D eigenvalue weighted by atomic mass is 14.2. The minimum Gasteiger partial charge on any atom is -0.0654 e. The van der Waals surface area contributed by atoms with Crippen LogP contribution in [0.1, 0.15) is 51.9 Å². The second-order valence-electron chi connectivity index (χ2n) is 3.96. The Hall–Kier alpha value is 0. The molecular weight excluding hydrogens is 132 g/mol. The van der Waals surface area contributed by atoms with Crippen LogP contribution in [0.2, 0.25) is 0 Å². The van der Waals surface area contributed by atoms with Crippen molar-refractivity contribution in [3.63, 3.8) is 0 Å². The van der Waals surface area contributed by atoms with Crippen molar-refractivity contribution in [1.29, 1.82) is 0 Å². The second kappa shape index (κ2) is 4.79. The van der Waals surface area contributed by atoms with Gasteiger partial charge in [0.1, 0.15) is 0 Å². The van der Waals surface area contributed by atoms with Gasteiger partial charge in [0.05, 0.1) is 0 Å². The second-order valence-corrected chi connectivity index (χ2v) is 3.96. The molecule has 0 saturated heterocycles. The summed E-state index contributed by atoms with van der Waals surface area (Å²) in [6.45, 7) is 6.28. The predicted octanol–water partition coefficient (Wildman–Crippen LogP) is 3.82. The van der Waals surface area contributed by atoms with E-state index < -0.39 is 0 Å². The van der Waals surface area contributed by atoms with Crippen LogP contribution in [0, 0.1) is 18.8 Å². The maximum absolute atomic E-state index is 3.98. The molecule has 0 unspecified atom stereocenters. The van der Waals surface area contributed by atoms with E-state index in [1.54, 1.807) is 0 Å². The summed E-state index contributed by atoms with van der Waals surface area (Å²) < 4.78 is 0. The van der Waals surface area contributed by atoms with E-state index in [4.69, 9.17) is 0 Å². The van der Waals surface area contributed by atoms with Crippen LogP contribution in [0.5, 0.6) is 0 Å². The Morgan fingerprint density at radius 3 is 2.09 bits per heavy atom. The molecule has 0 atom stereocenters. The molecule has 0 aliphatic heterocycles. The van der Waals surface area contributed by atoms with Crippen molar-refractivity contribution < 1.29 is 0 Å². The normalized spacial score (nSPS) is 32.2. The highest BCUT2D eigenvalue weighted by molar-refractivity contribution is 4.72. The Morgan fingerprint density at radius 1 is 1.09 bits per heavy atom. The van der Waals surface area contributed by atoms with Gasteiger partial charge in [0.25, 0.3) is 0 Å². The molecule has 0 aromatic carbocycles. The average molecular weight is 153 g/mol. The first kappa shape index (κ1) is 9.09. The molecule has 0 spiro atoms. The SMILES string of the molecule is [CH2]CC1CCC(CCC)CC1. The molecule has 0 N–H and O–H groups in total. The van der Waals surface area contributed by atoms with Gasteiger partial charge < -0.3 is 0 Å². The highest BCUT2D eigenvalue weighted by Crippen LogP contribution is 2.32. The zero-order valence-electron chi connectivity index (χ0n) is 7.81. The van der Waals surface area contributed by atoms with E-state index in [1.165, 1.54) is 44.9 Å². The summed E-state index contributed by atoms with van der Waals surface area (Å²) in [4.78, 5) is 0. The molecule has 0 heterocycles. The van der Waals surface area contributed by atoms with Crippen LogP contribution in [0.4, 0.5) is 0 Å². The lowest BCUT2D eigenvalue weighted by Gasteiger charge is -2.27. The lowest BCUT2D eigenvalue weighted by molar-refractivity contribution is 0.263. The highest BCUT2D eigenvalue weighted by Gasteiger charge is 2.18. The van der Waals surface area contributed by atoms with Gasteiger partial charge in [-0.05, 0) is 11.8 Å². The van der Waals surface area contributed by atoms with Crippen molar-refractivity contribution >= 4 is 0 Å². The standard InChI is InChI=1S/C11H21/c1-3-5-11-8-6-10(4-2)7-9-11/h10-11H,2-9H2,1H3. The molecule has 11 heavy (non-hydrogen) atoms. The van der Waals surface area contributed by atoms with Crippen molar-refractivity contribution in [1.82, 2.24) is 0 Å². The van der Waals surface area contributed by atoms with E-state index in [-0.39, 0.29) is 0 Å². The molecule has 1 aliphatic carbocycles. The Bertz CT molecular complexity index is 88.2. The van der Waals surface area contributed by atoms with Gasteiger partial charge in [0.15, 0.2) is 0 Å². The minimum absolute atomic E-state index is 0.961. The minimum atomic E-state index is 0.961. The Kier molecular flexibility index (Phi) is 3.96. The first-order chi connectivity index (χ1) is 5.36. The summed E-state index contributed by atoms with van der Waals surface area (Å²) in [5.74, 6) is 2.02. The predicted molar refractivity (Wildman–Crippen MR) is 50.3 cm³/mol. The molecule has 1 saturated carbocycles. The van der Waals surface area contributed by atoms with Crippen LogP contribution >= 0.6 is 0 Å². The number of hydrogen-bond donors (Lipinski definition) is 0. The summed E-state index contributed by atoms with van der Waals surface area (Å²) in [5.41, 5.74) is 0. The summed E-state index contributed by atoms with van der Waals surface area (Å²) in [6.07, 6.45) is 9.87. The van der Waals surface area contributed by atoms with Gasteiger partial charge in [0.2, 0.25) is 0 Å². The van der Waals surface area contributed by atoms with Crippen LogP contribution < -0.4 is 0 Å². The van der Waals surface area contributed by atoms with Gasteiger partial charge in [-0.15, -0.1) is 0 Å². The lowest BCUT2D eigenvalue weighted by Crippen LogP contribution is -2.13. The smallest absolute Gasteiger partial charge is 0.0414 e. The third kappa shape index (κ3) is 2.84. The van der Waals surface area contributed by atoms with E-state index in [0.29, 0.717) is 0 Å². The van der Waals surface area contributed by atoms with Gasteiger partial charge in [-0.2, -0.15) is 0 Å². The van der Waals surface area contributed by atoms with Crippen molar-refractivity contribution in [2.24, 2.45) is 11.8 Å². The van der Waals surface area contributed by atoms with Crippen LogP contribution in [-0.2, 0) is 0 Å². The summed E-state index contributed by atoms with van der Waals surface area (Å²) in [6, 6.07) is 0. The Balaban J connectivity index is 2.14. The van der Waals surface area contributed by atoms with Gasteiger partial charge in [-0.3, -0.25) is 0 Å². The van der Waals surface area contributed by atoms with Crippen LogP contribution in [0.3, 0.4) is 0 Å². The van der Waals surface area contributed by atoms with Crippen molar-refractivity contribution in [3.05, 3.63) is 6.92 Å². The van der Waals surface area contributed by atoms with Crippen LogP contribution in [0.15, 0.2) is 0 Å². The van der Waals surface area contributed by atoms with Gasteiger partial charge >= 0.3 is 0 Å². The lowest BCUT2D eigenvalue weighted by atomic mass is 9.79. The quantitative estimate of drug-likeness (QED) is 0.578. The maximum atomic E-state index is 3.98. The molecule has 1 aliphatic rings. The molecule has 0 nitrogen and oxygen atoms in total. The van der Waals surface area contributed by atoms with E-state index in [0.717, 1.165) is 11.8 Å². The molecule has 0 aromatic heterocycles. The third-order valence-electron chi connectivity index (χ3n) is 3.07. The number of rotatable bonds is 3. The molecule has 0 heteroatoms. The van der Waals surface area contributed by atoms with Gasteiger partial charge in [-0.1, -0.05) is 58.8 Å². The zero-order valence-corrected chi connectivity index (χ0v) is 7.81. The molecular formula is C11H21. The monoisotopic (exact) mass is 153 g/mol. The van der Waals surface area contributed by atoms with E-state index >= 15 is 0 Å². The van der Waals surface area contributed by atoms with Crippen LogP contribution in [-0.4, -0.2) is 0 Å². The molecule has 0 bridgehead atoms. The first-order valence-corrected chi connectivity index (χ1v) is 5.16.